The van der Waals surface area contributed by atoms with E-state index in [1.165, 1.54) is 5.51 Å². The van der Waals surface area contributed by atoms with Crippen molar-refractivity contribution in [3.63, 3.8) is 0 Å². The van der Waals surface area contributed by atoms with Gasteiger partial charge in [0.25, 0.3) is 10.0 Å². The Labute approximate surface area is 207 Å². The minimum Gasteiger partial charge on any atom is -0.464 e. The molecular formula is C21H19BrF2N4O4S2. The first kappa shape index (κ1) is 24.5. The molecule has 1 saturated heterocycles. The van der Waals surface area contributed by atoms with Crippen LogP contribution in [-0.2, 0) is 16.6 Å². The lowest BCUT2D eigenvalue weighted by Gasteiger charge is -2.49. The molecule has 1 aromatic heterocycles. The summed E-state index contributed by atoms with van der Waals surface area (Å²) in [4.78, 5) is 16.0. The van der Waals surface area contributed by atoms with Gasteiger partial charge in [0.2, 0.25) is 0 Å². The van der Waals surface area contributed by atoms with Gasteiger partial charge >= 0.3 is 6.09 Å². The average Bonchev–Trinajstić information content (AvgIpc) is 3.24. The second kappa shape index (κ2) is 9.21. The predicted octanol–water partition coefficient (Wildman–Crippen LogP) is 4.74. The Balaban J connectivity index is 1.58. The molecule has 1 aliphatic rings. The van der Waals surface area contributed by atoms with Gasteiger partial charge in [-0.1, -0.05) is 30.3 Å². The topological polar surface area (TPSA) is 103 Å². The summed E-state index contributed by atoms with van der Waals surface area (Å²) in [5.41, 5.74) is 1.85. The highest BCUT2D eigenvalue weighted by atomic mass is 79.9. The maximum atomic E-state index is 15.2. The van der Waals surface area contributed by atoms with Crippen LogP contribution in [0.25, 0.3) is 0 Å². The standard InChI is InChI=1S/C21H19BrF2N4O4S2/c1-21(10-27(11-21)8-13-5-3-2-4-6-13)26-15-7-14(23)19(18(24)17(15)22)34(31,32)28(20(29)30)16-9-33-12-25-16/h2-7,9,12,26H,8,10-11H2,1H3,(H,29,30). The fourth-order valence-corrected chi connectivity index (χ4v) is 6.42. The molecule has 0 aliphatic carbocycles. The average molecular weight is 573 g/mol. The molecule has 4 rings (SSSR count). The van der Waals surface area contributed by atoms with Gasteiger partial charge in [-0.05, 0) is 34.5 Å². The second-order valence-electron chi connectivity index (χ2n) is 8.08. The third-order valence-electron chi connectivity index (χ3n) is 5.25. The summed E-state index contributed by atoms with van der Waals surface area (Å²) in [7, 11) is -5.14. The number of thiazole rings is 1. The number of likely N-dealkylation sites (tertiary alicyclic amines) is 1. The van der Waals surface area contributed by atoms with Crippen molar-refractivity contribution in [1.29, 1.82) is 0 Å². The highest BCUT2D eigenvalue weighted by Gasteiger charge is 2.41. The zero-order valence-electron chi connectivity index (χ0n) is 17.7. The number of hydrogen-bond acceptors (Lipinski definition) is 7. The van der Waals surface area contributed by atoms with Crippen molar-refractivity contribution in [3.8, 4) is 0 Å². The van der Waals surface area contributed by atoms with Crippen molar-refractivity contribution in [2.45, 2.75) is 23.9 Å². The van der Waals surface area contributed by atoms with Crippen LogP contribution in [0.15, 0.2) is 56.7 Å². The van der Waals surface area contributed by atoms with Crippen LogP contribution in [0.3, 0.4) is 0 Å². The Morgan fingerprint density at radius 2 is 2.00 bits per heavy atom. The third kappa shape index (κ3) is 4.65. The molecule has 0 unspecified atom stereocenters. The molecule has 0 radical (unpaired) electrons. The number of sulfonamides is 1. The Bertz CT molecular complexity index is 1320. The van der Waals surface area contributed by atoms with E-state index in [2.05, 4.69) is 31.1 Å². The highest BCUT2D eigenvalue weighted by molar-refractivity contribution is 9.10. The molecule has 2 heterocycles. The Morgan fingerprint density at radius 3 is 2.59 bits per heavy atom. The van der Waals surface area contributed by atoms with Crippen molar-refractivity contribution in [2.24, 2.45) is 0 Å². The molecule has 8 nitrogen and oxygen atoms in total. The van der Waals surface area contributed by atoms with Gasteiger partial charge in [-0.3, -0.25) is 4.90 Å². The van der Waals surface area contributed by atoms with E-state index in [1.807, 2.05) is 37.3 Å². The fourth-order valence-electron chi connectivity index (χ4n) is 3.93. The number of carboxylic acid groups (broad SMARTS) is 1. The van der Waals surface area contributed by atoms with Crippen LogP contribution in [0.5, 0.6) is 0 Å². The number of rotatable bonds is 7. The predicted molar refractivity (Wildman–Crippen MR) is 128 cm³/mol. The van der Waals surface area contributed by atoms with Crippen LogP contribution < -0.4 is 9.62 Å². The monoisotopic (exact) mass is 572 g/mol. The molecule has 0 saturated carbocycles. The number of nitrogens with zero attached hydrogens (tertiary/aromatic N) is 3. The number of anilines is 2. The SMILES string of the molecule is CC1(Nc2cc(F)c(S(=O)(=O)N(C(=O)O)c3cscn3)c(F)c2Br)CN(Cc2ccccc2)C1. The van der Waals surface area contributed by atoms with Crippen LogP contribution in [0, 0.1) is 11.6 Å². The molecule has 0 spiro atoms. The summed E-state index contributed by atoms with van der Waals surface area (Å²) in [6, 6.07) is 10.7. The van der Waals surface area contributed by atoms with Gasteiger partial charge in [-0.25, -0.2) is 27.0 Å². The fraction of sp³-hybridized carbons (Fsp3) is 0.238. The number of halogens is 3. The van der Waals surface area contributed by atoms with Crippen molar-refractivity contribution in [3.05, 3.63) is 69.0 Å². The zero-order chi connectivity index (χ0) is 24.7. The van der Waals surface area contributed by atoms with Gasteiger partial charge < -0.3 is 10.4 Å². The Hall–Kier alpha value is -2.61. The molecule has 1 amide bonds. The summed E-state index contributed by atoms with van der Waals surface area (Å²) in [5, 5.41) is 13.6. The zero-order valence-corrected chi connectivity index (χ0v) is 20.9. The van der Waals surface area contributed by atoms with Gasteiger partial charge in [-0.15, -0.1) is 15.6 Å². The number of aromatic nitrogens is 1. The molecule has 1 fully saturated rings. The third-order valence-corrected chi connectivity index (χ3v) is 8.31. The molecule has 2 aromatic carbocycles. The van der Waals surface area contributed by atoms with Crippen LogP contribution in [0.4, 0.5) is 25.1 Å². The smallest absolute Gasteiger partial charge is 0.427 e. The minimum atomic E-state index is -5.14. The van der Waals surface area contributed by atoms with Crippen molar-refractivity contribution in [1.82, 2.24) is 9.88 Å². The molecule has 180 valence electrons. The molecule has 3 aromatic rings. The lowest BCUT2D eigenvalue weighted by atomic mass is 9.91. The summed E-state index contributed by atoms with van der Waals surface area (Å²) in [5.74, 6) is -3.34. The van der Waals surface area contributed by atoms with E-state index < -0.39 is 44.0 Å². The van der Waals surface area contributed by atoms with E-state index >= 15 is 4.39 Å². The van der Waals surface area contributed by atoms with Gasteiger partial charge in [0.1, 0.15) is 5.82 Å². The van der Waals surface area contributed by atoms with Crippen LogP contribution in [0.2, 0.25) is 0 Å². The molecule has 0 bridgehead atoms. The first-order chi connectivity index (χ1) is 16.0. The molecule has 0 atom stereocenters. The van der Waals surface area contributed by atoms with Crippen LogP contribution in [-0.4, -0.2) is 48.1 Å². The normalized spacial score (nSPS) is 15.5. The number of nitrogens with one attached hydrogen (secondary N) is 1. The van der Waals surface area contributed by atoms with Crippen LogP contribution >= 0.6 is 27.3 Å². The van der Waals surface area contributed by atoms with Crippen molar-refractivity contribution in [2.75, 3.05) is 22.7 Å². The minimum absolute atomic E-state index is 0.0198. The first-order valence-corrected chi connectivity index (χ1v) is 13.1. The summed E-state index contributed by atoms with van der Waals surface area (Å²) < 4.78 is 55.6. The summed E-state index contributed by atoms with van der Waals surface area (Å²) in [6.07, 6.45) is -1.94. The van der Waals surface area contributed by atoms with Gasteiger partial charge in [0.15, 0.2) is 16.5 Å². The van der Waals surface area contributed by atoms with Crippen molar-refractivity contribution >= 4 is 54.9 Å². The number of hydrogen-bond donors (Lipinski definition) is 2. The van der Waals surface area contributed by atoms with Gasteiger partial charge in [0.05, 0.1) is 21.2 Å². The maximum absolute atomic E-state index is 15.2. The number of benzene rings is 2. The quantitative estimate of drug-likeness (QED) is 0.394. The van der Waals surface area contributed by atoms with E-state index in [-0.39, 0.29) is 14.5 Å². The lowest BCUT2D eigenvalue weighted by Crippen LogP contribution is -2.63. The molecule has 1 aliphatic heterocycles. The van der Waals surface area contributed by atoms with E-state index in [0.29, 0.717) is 13.1 Å². The Kier molecular flexibility index (Phi) is 6.64. The summed E-state index contributed by atoms with van der Waals surface area (Å²) >= 11 is 3.94. The van der Waals surface area contributed by atoms with E-state index in [0.717, 1.165) is 34.9 Å². The second-order valence-corrected chi connectivity index (χ2v) is 11.3. The van der Waals surface area contributed by atoms with E-state index in [1.54, 1.807) is 0 Å². The van der Waals surface area contributed by atoms with E-state index in [9.17, 15) is 22.7 Å². The maximum Gasteiger partial charge on any atom is 0.427 e. The number of amides is 1. The van der Waals surface area contributed by atoms with E-state index in [4.69, 9.17) is 0 Å². The molecule has 2 N–H and O–H groups in total. The van der Waals surface area contributed by atoms with Gasteiger partial charge in [0, 0.05) is 25.0 Å². The molecule has 13 heteroatoms. The van der Waals surface area contributed by atoms with Crippen molar-refractivity contribution < 1.29 is 27.1 Å². The lowest BCUT2D eigenvalue weighted by molar-refractivity contribution is 0.0905. The highest BCUT2D eigenvalue weighted by Crippen LogP contribution is 2.38. The molecule has 34 heavy (non-hydrogen) atoms. The van der Waals surface area contributed by atoms with Crippen LogP contribution in [0.1, 0.15) is 12.5 Å². The molecular weight excluding hydrogens is 554 g/mol. The number of carbonyl (C=O) groups is 1. The largest absolute Gasteiger partial charge is 0.464 e. The summed E-state index contributed by atoms with van der Waals surface area (Å²) in [6.45, 7) is 3.79. The first-order valence-electron chi connectivity index (χ1n) is 9.90. The Morgan fingerprint density at radius 1 is 1.32 bits per heavy atom. The van der Waals surface area contributed by atoms with Gasteiger partial charge in [-0.2, -0.15) is 0 Å².